The molecule has 3 nitrogen and oxygen atoms in total. The highest BCUT2D eigenvalue weighted by Gasteiger charge is 2.23. The van der Waals surface area contributed by atoms with Gasteiger partial charge in [0.15, 0.2) is 0 Å². The third kappa shape index (κ3) is 3.93. The Labute approximate surface area is 152 Å². The lowest BCUT2D eigenvalue weighted by Gasteiger charge is -2.33. The summed E-state index contributed by atoms with van der Waals surface area (Å²) in [7, 11) is 0. The summed E-state index contributed by atoms with van der Waals surface area (Å²) >= 11 is 1.58. The van der Waals surface area contributed by atoms with Gasteiger partial charge in [0.05, 0.1) is 5.56 Å². The van der Waals surface area contributed by atoms with Crippen LogP contribution in [0.25, 0.3) is 0 Å². The van der Waals surface area contributed by atoms with Crippen LogP contribution in [0.2, 0.25) is 0 Å². The Kier molecular flexibility index (Phi) is 5.54. The van der Waals surface area contributed by atoms with Crippen LogP contribution in [0.15, 0.2) is 24.3 Å². The van der Waals surface area contributed by atoms with Crippen LogP contribution in [0.1, 0.15) is 52.5 Å². The van der Waals surface area contributed by atoms with Gasteiger partial charge in [-0.3, -0.25) is 9.69 Å². The molecule has 3 rings (SSSR count). The molecule has 0 saturated carbocycles. The number of piperidine rings is 1. The number of hydrogen-bond acceptors (Lipinski definition) is 3. The Balaban J connectivity index is 1.83. The number of anilines is 1. The van der Waals surface area contributed by atoms with Crippen LogP contribution in [0.3, 0.4) is 0 Å². The van der Waals surface area contributed by atoms with Crippen LogP contribution in [0.5, 0.6) is 0 Å². The van der Waals surface area contributed by atoms with E-state index in [1.807, 2.05) is 0 Å². The minimum Gasteiger partial charge on any atom is -0.313 e. The van der Waals surface area contributed by atoms with E-state index in [1.54, 1.807) is 23.5 Å². The summed E-state index contributed by atoms with van der Waals surface area (Å²) in [4.78, 5) is 16.2. The van der Waals surface area contributed by atoms with Crippen molar-refractivity contribution in [2.75, 3.05) is 11.9 Å². The van der Waals surface area contributed by atoms with Crippen LogP contribution in [0.4, 0.5) is 9.39 Å². The van der Waals surface area contributed by atoms with Crippen LogP contribution in [0, 0.1) is 19.7 Å². The number of nitrogens with one attached hydrogen (secondary N) is 1. The van der Waals surface area contributed by atoms with Gasteiger partial charge in [0.1, 0.15) is 10.8 Å². The number of amides is 1. The van der Waals surface area contributed by atoms with E-state index < -0.39 is 5.82 Å². The average Bonchev–Trinajstić information content (AvgIpc) is 2.84. The predicted octanol–water partition coefficient (Wildman–Crippen LogP) is 5.13. The summed E-state index contributed by atoms with van der Waals surface area (Å²) in [5, 5.41) is 3.79. The molecule has 1 aromatic heterocycles. The zero-order chi connectivity index (χ0) is 18.0. The Morgan fingerprint density at radius 1 is 1.32 bits per heavy atom. The van der Waals surface area contributed by atoms with E-state index in [0.717, 1.165) is 18.1 Å². The number of likely N-dealkylation sites (tertiary alicyclic amines) is 1. The monoisotopic (exact) mass is 360 g/mol. The van der Waals surface area contributed by atoms with Gasteiger partial charge in [0, 0.05) is 23.0 Å². The summed E-state index contributed by atoms with van der Waals surface area (Å²) in [6.07, 6.45) is 3.73. The maximum absolute atomic E-state index is 13.9. The van der Waals surface area contributed by atoms with Gasteiger partial charge in [-0.25, -0.2) is 4.39 Å². The summed E-state index contributed by atoms with van der Waals surface area (Å²) in [5.41, 5.74) is 2.48. The molecule has 2 heterocycles. The molecule has 134 valence electrons. The molecule has 1 aliphatic heterocycles. The Morgan fingerprint density at radius 2 is 2.08 bits per heavy atom. The molecule has 1 unspecified atom stereocenters. The molecule has 0 radical (unpaired) electrons. The molecule has 1 saturated heterocycles. The Morgan fingerprint density at radius 3 is 2.80 bits per heavy atom. The molecule has 1 atom stereocenters. The van der Waals surface area contributed by atoms with Gasteiger partial charge in [-0.05, 0) is 57.9 Å². The molecule has 1 aromatic carbocycles. The smallest absolute Gasteiger partial charge is 0.259 e. The van der Waals surface area contributed by atoms with Crippen molar-refractivity contribution < 1.29 is 9.18 Å². The minimum atomic E-state index is -0.490. The first kappa shape index (κ1) is 18.1. The predicted molar refractivity (Wildman–Crippen MR) is 102 cm³/mol. The second-order valence-corrected chi connectivity index (χ2v) is 8.06. The molecule has 1 fully saturated rings. The third-order valence-corrected chi connectivity index (χ3v) is 6.32. The van der Waals surface area contributed by atoms with Crippen molar-refractivity contribution in [2.45, 2.75) is 52.6 Å². The number of hydrogen-bond donors (Lipinski definition) is 1. The van der Waals surface area contributed by atoms with Crippen molar-refractivity contribution in [2.24, 2.45) is 0 Å². The summed E-state index contributed by atoms with van der Waals surface area (Å²) in [6.45, 7) is 8.38. The molecule has 2 aromatic rings. The number of aryl methyl sites for hydroxylation is 1. The number of halogens is 1. The number of carbonyl (C=O) groups is 1. The first-order valence-electron chi connectivity index (χ1n) is 8.86. The lowest BCUT2D eigenvalue weighted by atomic mass is 10.0. The lowest BCUT2D eigenvalue weighted by molar-refractivity contribution is 0.102. The van der Waals surface area contributed by atoms with E-state index in [-0.39, 0.29) is 11.5 Å². The van der Waals surface area contributed by atoms with E-state index in [9.17, 15) is 9.18 Å². The molecule has 0 bridgehead atoms. The van der Waals surface area contributed by atoms with E-state index in [2.05, 4.69) is 31.0 Å². The molecular formula is C20H25FN2OS. The zero-order valence-electron chi connectivity index (χ0n) is 15.1. The van der Waals surface area contributed by atoms with Crippen molar-refractivity contribution in [1.29, 1.82) is 0 Å². The van der Waals surface area contributed by atoms with Crippen LogP contribution in [-0.2, 0) is 6.54 Å². The third-order valence-electron chi connectivity index (χ3n) is 5.16. The van der Waals surface area contributed by atoms with Crippen molar-refractivity contribution in [3.05, 3.63) is 51.7 Å². The molecule has 1 aliphatic rings. The summed E-state index contributed by atoms with van der Waals surface area (Å²) in [6, 6.07) is 6.66. The molecule has 25 heavy (non-hydrogen) atoms. The maximum atomic E-state index is 13.9. The van der Waals surface area contributed by atoms with Gasteiger partial charge in [-0.1, -0.05) is 18.6 Å². The molecular weight excluding hydrogens is 335 g/mol. The van der Waals surface area contributed by atoms with Crippen LogP contribution < -0.4 is 5.32 Å². The molecule has 5 heteroatoms. The van der Waals surface area contributed by atoms with Crippen molar-refractivity contribution in [3.8, 4) is 0 Å². The first-order chi connectivity index (χ1) is 12.0. The van der Waals surface area contributed by atoms with Gasteiger partial charge in [-0.15, -0.1) is 11.3 Å². The molecule has 1 N–H and O–H groups in total. The number of carbonyl (C=O) groups excluding carboxylic acids is 1. The summed E-state index contributed by atoms with van der Waals surface area (Å²) < 4.78 is 13.9. The van der Waals surface area contributed by atoms with E-state index in [0.29, 0.717) is 6.04 Å². The van der Waals surface area contributed by atoms with E-state index >= 15 is 0 Å². The van der Waals surface area contributed by atoms with Crippen molar-refractivity contribution in [3.63, 3.8) is 0 Å². The molecule has 1 amide bonds. The van der Waals surface area contributed by atoms with E-state index in [4.69, 9.17) is 0 Å². The number of nitrogens with zero attached hydrogens (tertiary/aromatic N) is 1. The van der Waals surface area contributed by atoms with Gasteiger partial charge < -0.3 is 5.32 Å². The largest absolute Gasteiger partial charge is 0.313 e. The number of benzene rings is 1. The Hall–Kier alpha value is -1.72. The van der Waals surface area contributed by atoms with Gasteiger partial charge in [0.25, 0.3) is 5.91 Å². The van der Waals surface area contributed by atoms with Crippen molar-refractivity contribution in [1.82, 2.24) is 4.90 Å². The van der Waals surface area contributed by atoms with Gasteiger partial charge >= 0.3 is 0 Å². The number of rotatable bonds is 4. The van der Waals surface area contributed by atoms with E-state index in [1.165, 1.54) is 47.4 Å². The maximum Gasteiger partial charge on any atom is 0.259 e. The Bertz CT molecular complexity index is 771. The summed E-state index contributed by atoms with van der Waals surface area (Å²) in [5.74, 6) is -0.872. The normalized spacial score (nSPS) is 18.3. The molecule has 0 aliphatic carbocycles. The fraction of sp³-hybridized carbons (Fsp3) is 0.450. The second-order valence-electron chi connectivity index (χ2n) is 6.84. The van der Waals surface area contributed by atoms with Gasteiger partial charge in [0.2, 0.25) is 0 Å². The highest BCUT2D eigenvalue weighted by Crippen LogP contribution is 2.35. The number of thiophene rings is 1. The van der Waals surface area contributed by atoms with Crippen LogP contribution >= 0.6 is 11.3 Å². The zero-order valence-corrected chi connectivity index (χ0v) is 15.9. The quantitative estimate of drug-likeness (QED) is 0.820. The second kappa shape index (κ2) is 7.67. The first-order valence-corrected chi connectivity index (χ1v) is 9.68. The SMILES string of the molecule is Cc1sc(NC(=O)c2ccccc2F)c(CN2CCCCC2C)c1C. The fourth-order valence-corrected chi connectivity index (χ4v) is 4.44. The van der Waals surface area contributed by atoms with Crippen molar-refractivity contribution >= 4 is 22.2 Å². The van der Waals surface area contributed by atoms with Gasteiger partial charge in [-0.2, -0.15) is 0 Å². The highest BCUT2D eigenvalue weighted by atomic mass is 32.1. The average molecular weight is 360 g/mol. The molecule has 0 spiro atoms. The fourth-order valence-electron chi connectivity index (χ4n) is 3.38. The standard InChI is InChI=1S/C20H25FN2OS/c1-13-8-6-7-11-23(13)12-17-14(2)15(3)25-20(17)22-19(24)16-9-4-5-10-18(16)21/h4-5,9-10,13H,6-8,11-12H2,1-3H3,(H,22,24). The topological polar surface area (TPSA) is 32.3 Å². The minimum absolute atomic E-state index is 0.0866. The lowest BCUT2D eigenvalue weighted by Crippen LogP contribution is -2.37. The highest BCUT2D eigenvalue weighted by molar-refractivity contribution is 7.16. The van der Waals surface area contributed by atoms with Crippen LogP contribution in [-0.4, -0.2) is 23.4 Å².